The molecule has 0 amide bonds. The van der Waals surface area contributed by atoms with E-state index in [2.05, 4.69) is 0 Å². The number of hydrogen-bond acceptors (Lipinski definition) is 3. The van der Waals surface area contributed by atoms with E-state index < -0.39 is 21.7 Å². The zero-order chi connectivity index (χ0) is 14.8. The summed E-state index contributed by atoms with van der Waals surface area (Å²) in [5.74, 6) is -0.824. The van der Waals surface area contributed by atoms with Crippen LogP contribution < -0.4 is 5.73 Å². The molecule has 2 N–H and O–H groups in total. The highest BCUT2D eigenvalue weighted by Gasteiger charge is 2.20. The summed E-state index contributed by atoms with van der Waals surface area (Å²) in [6, 6.07) is 11.7. The molecule has 2 rings (SSSR count). The van der Waals surface area contributed by atoms with Crippen molar-refractivity contribution >= 4 is 9.84 Å². The van der Waals surface area contributed by atoms with Gasteiger partial charge >= 0.3 is 0 Å². The highest BCUT2D eigenvalue weighted by atomic mass is 32.2. The normalized spacial score (nSPS) is 13.2. The van der Waals surface area contributed by atoms with Crippen molar-refractivity contribution in [2.45, 2.75) is 17.9 Å². The zero-order valence-corrected chi connectivity index (χ0v) is 11.9. The predicted octanol–water partition coefficient (Wildman–Crippen LogP) is 2.61. The minimum absolute atomic E-state index is 0.0411. The van der Waals surface area contributed by atoms with Gasteiger partial charge in [-0.1, -0.05) is 35.9 Å². The van der Waals surface area contributed by atoms with E-state index in [4.69, 9.17) is 5.73 Å². The summed E-state index contributed by atoms with van der Waals surface area (Å²) in [7, 11) is -3.61. The molecule has 0 aliphatic carbocycles. The van der Waals surface area contributed by atoms with Crippen molar-refractivity contribution in [3.8, 4) is 0 Å². The molecule has 0 heterocycles. The van der Waals surface area contributed by atoms with Gasteiger partial charge in [-0.25, -0.2) is 12.8 Å². The SMILES string of the molecule is Cc1cccc(C(N)CS(=O)(=O)c2cccc(F)c2)c1. The lowest BCUT2D eigenvalue weighted by molar-refractivity contribution is 0.584. The van der Waals surface area contributed by atoms with Crippen LogP contribution in [0, 0.1) is 12.7 Å². The summed E-state index contributed by atoms with van der Waals surface area (Å²) in [5, 5.41) is 0. The van der Waals surface area contributed by atoms with E-state index in [1.54, 1.807) is 6.07 Å². The van der Waals surface area contributed by atoms with Crippen molar-refractivity contribution in [1.82, 2.24) is 0 Å². The monoisotopic (exact) mass is 293 g/mol. The fourth-order valence-electron chi connectivity index (χ4n) is 1.99. The fourth-order valence-corrected chi connectivity index (χ4v) is 3.43. The maximum absolute atomic E-state index is 13.1. The Kier molecular flexibility index (Phi) is 4.20. The van der Waals surface area contributed by atoms with Crippen molar-refractivity contribution < 1.29 is 12.8 Å². The van der Waals surface area contributed by atoms with Gasteiger partial charge in [-0.05, 0) is 30.7 Å². The topological polar surface area (TPSA) is 60.2 Å². The first-order valence-electron chi connectivity index (χ1n) is 6.19. The van der Waals surface area contributed by atoms with Crippen LogP contribution in [0.1, 0.15) is 17.2 Å². The average molecular weight is 293 g/mol. The molecule has 0 bridgehead atoms. The van der Waals surface area contributed by atoms with Crippen molar-refractivity contribution in [3.05, 3.63) is 65.5 Å². The highest BCUT2D eigenvalue weighted by molar-refractivity contribution is 7.91. The predicted molar refractivity (Wildman–Crippen MR) is 76.6 cm³/mol. The highest BCUT2D eigenvalue weighted by Crippen LogP contribution is 2.19. The molecule has 0 radical (unpaired) electrons. The Morgan fingerprint density at radius 3 is 2.50 bits per heavy atom. The van der Waals surface area contributed by atoms with Gasteiger partial charge in [-0.15, -0.1) is 0 Å². The van der Waals surface area contributed by atoms with E-state index in [0.717, 1.165) is 17.2 Å². The van der Waals surface area contributed by atoms with E-state index in [1.807, 2.05) is 25.1 Å². The van der Waals surface area contributed by atoms with Gasteiger partial charge < -0.3 is 5.73 Å². The van der Waals surface area contributed by atoms with Gasteiger partial charge in [0.1, 0.15) is 5.82 Å². The number of halogens is 1. The molecule has 2 aromatic rings. The summed E-state index contributed by atoms with van der Waals surface area (Å²) < 4.78 is 37.5. The summed E-state index contributed by atoms with van der Waals surface area (Å²) in [4.78, 5) is -0.0411. The van der Waals surface area contributed by atoms with Crippen molar-refractivity contribution in [1.29, 1.82) is 0 Å². The van der Waals surface area contributed by atoms with Crippen molar-refractivity contribution in [2.75, 3.05) is 5.75 Å². The van der Waals surface area contributed by atoms with Crippen molar-refractivity contribution in [2.24, 2.45) is 5.73 Å². The second kappa shape index (κ2) is 5.73. The van der Waals surface area contributed by atoms with Crippen LogP contribution >= 0.6 is 0 Å². The Morgan fingerprint density at radius 2 is 1.85 bits per heavy atom. The molecule has 1 unspecified atom stereocenters. The fraction of sp³-hybridized carbons (Fsp3) is 0.200. The Morgan fingerprint density at radius 1 is 1.15 bits per heavy atom. The van der Waals surface area contributed by atoms with Crippen LogP contribution in [0.3, 0.4) is 0 Å². The van der Waals surface area contributed by atoms with Crippen LogP contribution in [0.15, 0.2) is 53.4 Å². The first-order valence-corrected chi connectivity index (χ1v) is 7.84. The zero-order valence-electron chi connectivity index (χ0n) is 11.1. The maximum Gasteiger partial charge on any atom is 0.180 e. The van der Waals surface area contributed by atoms with Crippen LogP contribution in [-0.4, -0.2) is 14.2 Å². The van der Waals surface area contributed by atoms with Gasteiger partial charge in [-0.2, -0.15) is 0 Å². The van der Waals surface area contributed by atoms with Crippen LogP contribution in [0.4, 0.5) is 4.39 Å². The van der Waals surface area contributed by atoms with Gasteiger partial charge in [-0.3, -0.25) is 0 Å². The van der Waals surface area contributed by atoms with E-state index >= 15 is 0 Å². The summed E-state index contributed by atoms with van der Waals surface area (Å²) >= 11 is 0. The second-order valence-electron chi connectivity index (χ2n) is 4.76. The number of rotatable bonds is 4. The molecule has 0 saturated heterocycles. The quantitative estimate of drug-likeness (QED) is 0.942. The molecule has 0 aromatic heterocycles. The van der Waals surface area contributed by atoms with E-state index in [1.165, 1.54) is 18.2 Å². The molecule has 0 saturated carbocycles. The molecule has 0 aliphatic rings. The first-order chi connectivity index (χ1) is 9.38. The Hall–Kier alpha value is -1.72. The van der Waals surface area contributed by atoms with Gasteiger partial charge in [0.25, 0.3) is 0 Å². The van der Waals surface area contributed by atoms with Gasteiger partial charge in [0.15, 0.2) is 9.84 Å². The van der Waals surface area contributed by atoms with Crippen LogP contribution in [0.2, 0.25) is 0 Å². The summed E-state index contributed by atoms with van der Waals surface area (Å²) in [6.07, 6.45) is 0. The number of hydrogen-bond donors (Lipinski definition) is 1. The molecule has 2 aromatic carbocycles. The molecular formula is C15H16FNO2S. The number of aryl methyl sites for hydroxylation is 1. The maximum atomic E-state index is 13.1. The lowest BCUT2D eigenvalue weighted by atomic mass is 10.1. The third kappa shape index (κ3) is 3.43. The van der Waals surface area contributed by atoms with E-state index in [-0.39, 0.29) is 10.6 Å². The standard InChI is InChI=1S/C15H16FNO2S/c1-11-4-2-5-12(8-11)15(17)10-20(18,19)14-7-3-6-13(16)9-14/h2-9,15H,10,17H2,1H3. The molecule has 0 fully saturated rings. The lowest BCUT2D eigenvalue weighted by Gasteiger charge is -2.13. The third-order valence-corrected chi connectivity index (χ3v) is 4.79. The number of sulfone groups is 1. The second-order valence-corrected chi connectivity index (χ2v) is 6.79. The van der Waals surface area contributed by atoms with Crippen LogP contribution in [0.25, 0.3) is 0 Å². The molecule has 3 nitrogen and oxygen atoms in total. The van der Waals surface area contributed by atoms with Crippen molar-refractivity contribution in [3.63, 3.8) is 0 Å². The molecule has 5 heteroatoms. The molecule has 1 atom stereocenters. The molecule has 20 heavy (non-hydrogen) atoms. The number of nitrogens with two attached hydrogens (primary N) is 1. The Balaban J connectivity index is 2.24. The third-order valence-electron chi connectivity index (χ3n) is 3.02. The Labute approximate surface area is 118 Å². The van der Waals surface area contributed by atoms with Crippen LogP contribution in [0.5, 0.6) is 0 Å². The largest absolute Gasteiger partial charge is 0.323 e. The average Bonchev–Trinajstić information content (AvgIpc) is 2.38. The lowest BCUT2D eigenvalue weighted by Crippen LogP contribution is -2.22. The summed E-state index contributed by atoms with van der Waals surface area (Å²) in [5.41, 5.74) is 7.72. The minimum Gasteiger partial charge on any atom is -0.323 e. The number of benzene rings is 2. The van der Waals surface area contributed by atoms with E-state index in [0.29, 0.717) is 0 Å². The minimum atomic E-state index is -3.61. The molecule has 0 aliphatic heterocycles. The molecular weight excluding hydrogens is 277 g/mol. The van der Waals surface area contributed by atoms with Gasteiger partial charge in [0, 0.05) is 6.04 Å². The molecule has 0 spiro atoms. The van der Waals surface area contributed by atoms with Gasteiger partial charge in [0.2, 0.25) is 0 Å². The summed E-state index contributed by atoms with van der Waals surface area (Å²) in [6.45, 7) is 1.91. The van der Waals surface area contributed by atoms with Gasteiger partial charge in [0.05, 0.1) is 10.6 Å². The molecule has 106 valence electrons. The van der Waals surface area contributed by atoms with Crippen LogP contribution in [-0.2, 0) is 9.84 Å². The smallest absolute Gasteiger partial charge is 0.180 e. The van der Waals surface area contributed by atoms with E-state index in [9.17, 15) is 12.8 Å². The first kappa shape index (κ1) is 14.7. The Bertz CT molecular complexity index is 713.